The summed E-state index contributed by atoms with van der Waals surface area (Å²) in [5.74, 6) is 0.824. The first-order valence-electron chi connectivity index (χ1n) is 11.8. The van der Waals surface area contributed by atoms with E-state index in [1.54, 1.807) is 0 Å². The average molecular weight is 479 g/mol. The van der Waals surface area contributed by atoms with E-state index in [0.717, 1.165) is 55.5 Å². The number of nitrogens with one attached hydrogen (secondary N) is 4. The van der Waals surface area contributed by atoms with Crippen LogP contribution in [-0.4, -0.2) is 36.9 Å². The van der Waals surface area contributed by atoms with Crippen LogP contribution in [-0.2, 0) is 17.8 Å². The maximum Gasteiger partial charge on any atom is 0.234 e. The molecule has 0 aliphatic rings. The van der Waals surface area contributed by atoms with Crippen LogP contribution in [0.2, 0.25) is 0 Å². The van der Waals surface area contributed by atoms with Crippen LogP contribution in [0.25, 0.3) is 44.2 Å². The van der Waals surface area contributed by atoms with E-state index >= 15 is 0 Å². The van der Waals surface area contributed by atoms with Gasteiger partial charge in [0, 0.05) is 45.8 Å². The minimum atomic E-state index is -0.488. The van der Waals surface area contributed by atoms with Crippen molar-refractivity contribution in [3.63, 3.8) is 0 Å². The Morgan fingerprint density at radius 1 is 1.06 bits per heavy atom. The highest BCUT2D eigenvalue weighted by Gasteiger charge is 2.18. The molecule has 0 aliphatic heterocycles. The molecule has 1 atom stereocenters. The number of hydrogen-bond acceptors (Lipinski definition) is 5. The largest absolute Gasteiger partial charge is 0.384 e. The van der Waals surface area contributed by atoms with Crippen LogP contribution in [0.15, 0.2) is 60.8 Å². The van der Waals surface area contributed by atoms with Gasteiger partial charge in [-0.25, -0.2) is 9.97 Å². The molecule has 4 heterocycles. The zero-order chi connectivity index (χ0) is 24.8. The maximum atomic E-state index is 12.2. The van der Waals surface area contributed by atoms with Crippen molar-refractivity contribution in [1.82, 2.24) is 30.2 Å². The van der Waals surface area contributed by atoms with Gasteiger partial charge in [0.15, 0.2) is 5.65 Å². The summed E-state index contributed by atoms with van der Waals surface area (Å²) >= 11 is 0. The summed E-state index contributed by atoms with van der Waals surface area (Å²) in [6.07, 6.45) is 2.46. The van der Waals surface area contributed by atoms with Gasteiger partial charge >= 0.3 is 0 Å². The first-order valence-corrected chi connectivity index (χ1v) is 11.8. The molecule has 180 valence electrons. The highest BCUT2D eigenvalue weighted by molar-refractivity contribution is 5.95. The number of aromatic amines is 3. The van der Waals surface area contributed by atoms with Gasteiger partial charge in [-0.2, -0.15) is 0 Å². The number of amides is 1. The molecule has 0 aliphatic carbocycles. The molecular weight excluding hydrogens is 452 g/mol. The molecule has 0 bridgehead atoms. The van der Waals surface area contributed by atoms with E-state index in [0.29, 0.717) is 24.4 Å². The Hall–Kier alpha value is -4.63. The molecule has 9 nitrogen and oxygen atoms in total. The third kappa shape index (κ3) is 3.95. The second kappa shape index (κ2) is 8.54. The fraction of sp³-hybridized carbons (Fsp3) is 0.148. The second-order valence-electron chi connectivity index (χ2n) is 9.12. The predicted octanol–water partition coefficient (Wildman–Crippen LogP) is 3.66. The van der Waals surface area contributed by atoms with Crippen LogP contribution in [0.3, 0.4) is 0 Å². The number of carbonyl (C=O) groups excluding carboxylic acids is 1. The number of carbonyl (C=O) groups is 1. The van der Waals surface area contributed by atoms with Crippen LogP contribution >= 0.6 is 0 Å². The number of pyridine rings is 1. The van der Waals surface area contributed by atoms with Crippen LogP contribution in [0.4, 0.5) is 5.82 Å². The van der Waals surface area contributed by atoms with Crippen molar-refractivity contribution < 1.29 is 4.79 Å². The number of anilines is 1. The topological polar surface area (TPSA) is 154 Å². The van der Waals surface area contributed by atoms with Gasteiger partial charge in [-0.3, -0.25) is 4.79 Å². The molecule has 36 heavy (non-hydrogen) atoms. The molecule has 0 fully saturated rings. The lowest BCUT2D eigenvalue weighted by atomic mass is 10.0. The summed E-state index contributed by atoms with van der Waals surface area (Å²) in [6, 6.07) is 17.7. The number of benzene rings is 2. The van der Waals surface area contributed by atoms with Crippen LogP contribution in [0.1, 0.15) is 17.0 Å². The molecule has 0 radical (unpaired) electrons. The first-order chi connectivity index (χ1) is 17.4. The number of aryl methyl sites for hydroxylation is 1. The van der Waals surface area contributed by atoms with Gasteiger partial charge in [-0.05, 0) is 54.8 Å². The van der Waals surface area contributed by atoms with Crippen molar-refractivity contribution in [2.75, 3.05) is 5.73 Å². The van der Waals surface area contributed by atoms with Crippen molar-refractivity contribution in [3.8, 4) is 11.3 Å². The van der Waals surface area contributed by atoms with E-state index in [-0.39, 0.29) is 5.91 Å². The minimum absolute atomic E-state index is 0.376. The third-order valence-corrected chi connectivity index (χ3v) is 6.57. The quantitative estimate of drug-likeness (QED) is 0.207. The number of aromatic nitrogens is 5. The smallest absolute Gasteiger partial charge is 0.234 e. The molecule has 0 saturated carbocycles. The van der Waals surface area contributed by atoms with Gasteiger partial charge in [-0.1, -0.05) is 24.3 Å². The lowest BCUT2D eigenvalue weighted by molar-refractivity contribution is -0.120. The van der Waals surface area contributed by atoms with Gasteiger partial charge in [0.2, 0.25) is 5.91 Å². The SMILES string of the molecule is Cc1nc2nc(N)cc(-c3cc4cc(CN[C@@H](Cc5c[nH]c6ccccc56)C(N)=O)ccc4[nH]3)c2[nH]1. The predicted molar refractivity (Wildman–Crippen MR) is 142 cm³/mol. The van der Waals surface area contributed by atoms with Gasteiger partial charge < -0.3 is 31.7 Å². The Morgan fingerprint density at radius 2 is 1.92 bits per heavy atom. The molecule has 4 aromatic heterocycles. The number of fused-ring (bicyclic) bond motifs is 3. The maximum absolute atomic E-state index is 12.2. The number of imidazole rings is 1. The zero-order valence-electron chi connectivity index (χ0n) is 19.7. The van der Waals surface area contributed by atoms with E-state index in [2.05, 4.69) is 42.4 Å². The molecular formula is C27H26N8O. The number of nitrogens with two attached hydrogens (primary N) is 2. The van der Waals surface area contributed by atoms with Crippen molar-refractivity contribution in [1.29, 1.82) is 0 Å². The van der Waals surface area contributed by atoms with Crippen molar-refractivity contribution in [2.24, 2.45) is 5.73 Å². The molecule has 0 spiro atoms. The molecule has 6 aromatic rings. The second-order valence-corrected chi connectivity index (χ2v) is 9.12. The van der Waals surface area contributed by atoms with Gasteiger partial charge in [0.25, 0.3) is 0 Å². The highest BCUT2D eigenvalue weighted by atomic mass is 16.1. The molecule has 8 N–H and O–H groups in total. The number of nitrogen functional groups attached to an aromatic ring is 1. The summed E-state index contributed by atoms with van der Waals surface area (Å²) in [7, 11) is 0. The monoisotopic (exact) mass is 478 g/mol. The van der Waals surface area contributed by atoms with Crippen molar-refractivity contribution in [3.05, 3.63) is 77.7 Å². The number of primary amides is 1. The van der Waals surface area contributed by atoms with Crippen molar-refractivity contribution in [2.45, 2.75) is 25.9 Å². The summed E-state index contributed by atoms with van der Waals surface area (Å²) in [5.41, 5.74) is 19.2. The lowest BCUT2D eigenvalue weighted by Gasteiger charge is -2.15. The zero-order valence-corrected chi connectivity index (χ0v) is 19.7. The Morgan fingerprint density at radius 3 is 2.78 bits per heavy atom. The molecule has 6 rings (SSSR count). The standard InChI is InChI=1S/C27H26N8O/c1-14-32-25-19(11-24(28)35-27(25)33-14)22-9-16-8-15(6-7-20(16)34-22)12-30-23(26(29)36)10-17-13-31-21-5-3-2-4-18(17)21/h2-9,11,13,23,30-31,34H,10,12H2,1H3,(H2,29,36)(H3,28,32,33,35)/t23-/m0/s1. The van der Waals surface area contributed by atoms with E-state index in [4.69, 9.17) is 11.5 Å². The van der Waals surface area contributed by atoms with E-state index in [1.165, 1.54) is 0 Å². The molecule has 0 saturated heterocycles. The Kier molecular flexibility index (Phi) is 5.19. The number of hydrogen-bond donors (Lipinski definition) is 6. The fourth-order valence-electron chi connectivity index (χ4n) is 4.81. The summed E-state index contributed by atoms with van der Waals surface area (Å²) in [5, 5.41) is 5.49. The lowest BCUT2D eigenvalue weighted by Crippen LogP contribution is -2.42. The molecule has 9 heteroatoms. The number of para-hydroxylation sites is 1. The Bertz CT molecular complexity index is 1740. The van der Waals surface area contributed by atoms with Gasteiger partial charge in [-0.15, -0.1) is 0 Å². The van der Waals surface area contributed by atoms with Crippen LogP contribution in [0, 0.1) is 6.92 Å². The number of H-pyrrole nitrogens is 3. The van der Waals surface area contributed by atoms with Crippen LogP contribution in [0.5, 0.6) is 0 Å². The van der Waals surface area contributed by atoms with Crippen molar-refractivity contribution >= 4 is 44.7 Å². The molecule has 0 unspecified atom stereocenters. The van der Waals surface area contributed by atoms with E-state index in [9.17, 15) is 4.79 Å². The number of rotatable bonds is 7. The Balaban J connectivity index is 1.24. The summed E-state index contributed by atoms with van der Waals surface area (Å²) in [6.45, 7) is 2.41. The van der Waals surface area contributed by atoms with Crippen LogP contribution < -0.4 is 16.8 Å². The van der Waals surface area contributed by atoms with E-state index in [1.807, 2.05) is 55.6 Å². The third-order valence-electron chi connectivity index (χ3n) is 6.57. The highest BCUT2D eigenvalue weighted by Crippen LogP contribution is 2.30. The Labute approximate surface area is 206 Å². The number of nitrogens with zero attached hydrogens (tertiary/aromatic N) is 2. The normalized spacial score (nSPS) is 12.6. The average Bonchev–Trinajstić information content (AvgIpc) is 3.56. The fourth-order valence-corrected chi connectivity index (χ4v) is 4.81. The molecule has 2 aromatic carbocycles. The van der Waals surface area contributed by atoms with E-state index < -0.39 is 6.04 Å². The minimum Gasteiger partial charge on any atom is -0.384 e. The summed E-state index contributed by atoms with van der Waals surface area (Å²) < 4.78 is 0. The van der Waals surface area contributed by atoms with Gasteiger partial charge in [0.05, 0.1) is 11.6 Å². The first kappa shape index (κ1) is 21.9. The van der Waals surface area contributed by atoms with Gasteiger partial charge in [0.1, 0.15) is 11.6 Å². The summed E-state index contributed by atoms with van der Waals surface area (Å²) in [4.78, 5) is 31.0. The molecule has 1 amide bonds.